The van der Waals surface area contributed by atoms with E-state index in [9.17, 15) is 5.26 Å². The van der Waals surface area contributed by atoms with Gasteiger partial charge in [-0.1, -0.05) is 44.2 Å². The highest BCUT2D eigenvalue weighted by Crippen LogP contribution is 2.43. The second-order valence-electron chi connectivity index (χ2n) is 6.36. The molecule has 1 aliphatic rings. The van der Waals surface area contributed by atoms with E-state index in [0.717, 1.165) is 18.8 Å². The van der Waals surface area contributed by atoms with Crippen molar-refractivity contribution in [2.75, 3.05) is 0 Å². The number of benzene rings is 1. The zero-order chi connectivity index (χ0) is 13.9. The van der Waals surface area contributed by atoms with Crippen LogP contribution in [0.1, 0.15) is 45.6 Å². The first kappa shape index (κ1) is 14.1. The Balaban J connectivity index is 1.92. The summed E-state index contributed by atoms with van der Waals surface area (Å²) in [6.45, 7) is 6.75. The Labute approximate surface area is 116 Å². The third-order valence-electron chi connectivity index (χ3n) is 4.08. The molecule has 2 nitrogen and oxygen atoms in total. The maximum absolute atomic E-state index is 9.51. The summed E-state index contributed by atoms with van der Waals surface area (Å²) in [6.07, 6.45) is 3.08. The third-order valence-corrected chi connectivity index (χ3v) is 4.08. The van der Waals surface area contributed by atoms with Gasteiger partial charge in [-0.15, -0.1) is 0 Å². The van der Waals surface area contributed by atoms with E-state index in [1.165, 1.54) is 12.0 Å². The number of rotatable bonds is 5. The Bertz CT molecular complexity index is 438. The van der Waals surface area contributed by atoms with Crippen molar-refractivity contribution in [1.82, 2.24) is 5.32 Å². The average Bonchev–Trinajstić information content (AvgIpc) is 2.33. The summed E-state index contributed by atoms with van der Waals surface area (Å²) in [7, 11) is 0. The summed E-state index contributed by atoms with van der Waals surface area (Å²) in [5, 5.41) is 13.2. The van der Waals surface area contributed by atoms with Gasteiger partial charge in [0, 0.05) is 12.1 Å². The monoisotopic (exact) mass is 256 g/mol. The molecule has 1 aromatic carbocycles. The van der Waals surface area contributed by atoms with Crippen molar-refractivity contribution in [1.29, 1.82) is 5.26 Å². The fourth-order valence-corrected chi connectivity index (χ4v) is 3.23. The lowest BCUT2D eigenvalue weighted by molar-refractivity contribution is 0.205. The molecule has 2 heteroatoms. The van der Waals surface area contributed by atoms with Gasteiger partial charge < -0.3 is 5.32 Å². The zero-order valence-electron chi connectivity index (χ0n) is 12.2. The van der Waals surface area contributed by atoms with Crippen LogP contribution in [0.3, 0.4) is 0 Å². The molecule has 2 rings (SSSR count). The van der Waals surface area contributed by atoms with E-state index in [1.807, 2.05) is 18.2 Å². The predicted octanol–water partition coefficient (Wildman–Crippen LogP) is 3.63. The zero-order valence-corrected chi connectivity index (χ0v) is 12.2. The van der Waals surface area contributed by atoms with Crippen LogP contribution in [0.2, 0.25) is 0 Å². The number of nitrogens with zero attached hydrogens (tertiary/aromatic N) is 1. The van der Waals surface area contributed by atoms with Crippen LogP contribution in [0.5, 0.6) is 0 Å². The SMILES string of the molecule is CC(C)CC(C)NC1CC(C#N)(c2ccccc2)C1. The van der Waals surface area contributed by atoms with Crippen LogP contribution in [0, 0.1) is 17.2 Å². The van der Waals surface area contributed by atoms with Crippen LogP contribution in [0.15, 0.2) is 30.3 Å². The molecule has 102 valence electrons. The molecule has 0 heterocycles. The quantitative estimate of drug-likeness (QED) is 0.873. The highest BCUT2D eigenvalue weighted by atomic mass is 15.0. The molecule has 1 aliphatic carbocycles. The molecular weight excluding hydrogens is 232 g/mol. The number of nitriles is 1. The Morgan fingerprint density at radius 3 is 2.42 bits per heavy atom. The molecule has 0 saturated heterocycles. The maximum atomic E-state index is 9.51. The van der Waals surface area contributed by atoms with Crippen molar-refractivity contribution < 1.29 is 0 Å². The minimum Gasteiger partial charge on any atom is -0.311 e. The van der Waals surface area contributed by atoms with Crippen LogP contribution in [-0.2, 0) is 5.41 Å². The van der Waals surface area contributed by atoms with E-state index in [-0.39, 0.29) is 5.41 Å². The van der Waals surface area contributed by atoms with E-state index >= 15 is 0 Å². The normalized spacial score (nSPS) is 27.6. The van der Waals surface area contributed by atoms with Gasteiger partial charge in [-0.25, -0.2) is 0 Å². The van der Waals surface area contributed by atoms with Gasteiger partial charge in [0.05, 0.1) is 11.5 Å². The van der Waals surface area contributed by atoms with Crippen molar-refractivity contribution in [2.24, 2.45) is 5.92 Å². The van der Waals surface area contributed by atoms with Crippen LogP contribution in [0.4, 0.5) is 0 Å². The lowest BCUT2D eigenvalue weighted by atomic mass is 9.62. The summed E-state index contributed by atoms with van der Waals surface area (Å²) >= 11 is 0. The standard InChI is InChI=1S/C17H24N2/c1-13(2)9-14(3)19-16-10-17(11-16,12-18)15-7-5-4-6-8-15/h4-8,13-14,16,19H,9-11H2,1-3H3. The number of nitrogens with one attached hydrogen (secondary N) is 1. The topological polar surface area (TPSA) is 35.8 Å². The van der Waals surface area contributed by atoms with Crippen molar-refractivity contribution in [3.63, 3.8) is 0 Å². The van der Waals surface area contributed by atoms with Gasteiger partial charge in [-0.3, -0.25) is 0 Å². The van der Waals surface area contributed by atoms with E-state index in [0.29, 0.717) is 12.1 Å². The van der Waals surface area contributed by atoms with Crippen LogP contribution in [-0.4, -0.2) is 12.1 Å². The van der Waals surface area contributed by atoms with E-state index in [2.05, 4.69) is 44.3 Å². The molecule has 1 fully saturated rings. The van der Waals surface area contributed by atoms with Gasteiger partial charge in [0.25, 0.3) is 0 Å². The number of hydrogen-bond acceptors (Lipinski definition) is 2. The molecule has 1 saturated carbocycles. The summed E-state index contributed by atoms with van der Waals surface area (Å²) in [5.41, 5.74) is 0.920. The van der Waals surface area contributed by atoms with Gasteiger partial charge in [-0.2, -0.15) is 5.26 Å². The molecule has 0 radical (unpaired) electrons. The predicted molar refractivity (Wildman–Crippen MR) is 78.8 cm³/mol. The summed E-state index contributed by atoms with van der Waals surface area (Å²) in [6, 6.07) is 13.8. The van der Waals surface area contributed by atoms with Crippen molar-refractivity contribution in [2.45, 2.75) is 57.5 Å². The molecule has 0 bridgehead atoms. The lowest BCUT2D eigenvalue weighted by Crippen LogP contribution is -2.53. The van der Waals surface area contributed by atoms with E-state index in [1.54, 1.807) is 0 Å². The highest BCUT2D eigenvalue weighted by molar-refractivity contribution is 5.36. The molecule has 0 aromatic heterocycles. The second kappa shape index (κ2) is 5.75. The smallest absolute Gasteiger partial charge is 0.0852 e. The summed E-state index contributed by atoms with van der Waals surface area (Å²) in [4.78, 5) is 0. The Kier molecular flexibility index (Phi) is 4.27. The molecule has 1 unspecified atom stereocenters. The first-order valence-corrected chi connectivity index (χ1v) is 7.28. The fourth-order valence-electron chi connectivity index (χ4n) is 3.23. The fraction of sp³-hybridized carbons (Fsp3) is 0.588. The van der Waals surface area contributed by atoms with Crippen LogP contribution in [0.25, 0.3) is 0 Å². The summed E-state index contributed by atoms with van der Waals surface area (Å²) < 4.78 is 0. The summed E-state index contributed by atoms with van der Waals surface area (Å²) in [5.74, 6) is 0.720. The Morgan fingerprint density at radius 2 is 1.89 bits per heavy atom. The van der Waals surface area contributed by atoms with Gasteiger partial charge in [-0.05, 0) is 37.7 Å². The van der Waals surface area contributed by atoms with Gasteiger partial charge in [0.15, 0.2) is 0 Å². The van der Waals surface area contributed by atoms with Crippen molar-refractivity contribution in [3.05, 3.63) is 35.9 Å². The van der Waals surface area contributed by atoms with Gasteiger partial charge >= 0.3 is 0 Å². The molecule has 0 aliphatic heterocycles. The Morgan fingerprint density at radius 1 is 1.26 bits per heavy atom. The molecule has 0 amide bonds. The first-order chi connectivity index (χ1) is 9.05. The van der Waals surface area contributed by atoms with Crippen LogP contribution < -0.4 is 5.32 Å². The number of hydrogen-bond donors (Lipinski definition) is 1. The first-order valence-electron chi connectivity index (χ1n) is 7.28. The molecule has 0 spiro atoms. The third kappa shape index (κ3) is 3.16. The molecular formula is C17H24N2. The van der Waals surface area contributed by atoms with Gasteiger partial charge in [0.1, 0.15) is 0 Å². The second-order valence-corrected chi connectivity index (χ2v) is 6.36. The largest absolute Gasteiger partial charge is 0.311 e. The minimum absolute atomic E-state index is 0.253. The molecule has 1 aromatic rings. The molecule has 1 atom stereocenters. The highest BCUT2D eigenvalue weighted by Gasteiger charge is 2.46. The average molecular weight is 256 g/mol. The van der Waals surface area contributed by atoms with Crippen LogP contribution >= 0.6 is 0 Å². The van der Waals surface area contributed by atoms with Gasteiger partial charge in [0.2, 0.25) is 0 Å². The van der Waals surface area contributed by atoms with Crippen molar-refractivity contribution >= 4 is 0 Å². The molecule has 19 heavy (non-hydrogen) atoms. The van der Waals surface area contributed by atoms with E-state index < -0.39 is 0 Å². The molecule has 1 N–H and O–H groups in total. The van der Waals surface area contributed by atoms with Crippen molar-refractivity contribution in [3.8, 4) is 6.07 Å². The minimum atomic E-state index is -0.253. The maximum Gasteiger partial charge on any atom is 0.0852 e. The lowest BCUT2D eigenvalue weighted by Gasteiger charge is -2.44. The Hall–Kier alpha value is -1.33. The van der Waals surface area contributed by atoms with E-state index in [4.69, 9.17) is 0 Å².